The summed E-state index contributed by atoms with van der Waals surface area (Å²) in [6.07, 6.45) is 6.32. The Morgan fingerprint density at radius 2 is 1.81 bits per heavy atom. The molecule has 0 aliphatic heterocycles. The van der Waals surface area contributed by atoms with Gasteiger partial charge in [-0.25, -0.2) is 0 Å². The fraction of sp³-hybridized carbons (Fsp3) is 0.478. The summed E-state index contributed by atoms with van der Waals surface area (Å²) in [4.78, 5) is 2.38. The van der Waals surface area contributed by atoms with Crippen LogP contribution >= 0.6 is 0 Å². The smallest absolute Gasteiger partial charge is 0.0642 e. The molecule has 0 unspecified atom stereocenters. The molecule has 2 aliphatic rings. The second-order valence-corrected chi connectivity index (χ2v) is 7.72. The van der Waals surface area contributed by atoms with Gasteiger partial charge in [0.25, 0.3) is 0 Å². The molecule has 2 aromatic rings. The molecule has 0 amide bonds. The van der Waals surface area contributed by atoms with Gasteiger partial charge in [0, 0.05) is 25.0 Å². The number of nitrogens with zero attached hydrogens (tertiary/aromatic N) is 1. The molecule has 0 radical (unpaired) electrons. The molecule has 3 heteroatoms. The Labute approximate surface area is 157 Å². The van der Waals surface area contributed by atoms with Crippen molar-refractivity contribution in [2.24, 2.45) is 5.73 Å². The molecule has 2 aliphatic carbocycles. The van der Waals surface area contributed by atoms with E-state index in [1.54, 1.807) is 7.11 Å². The number of nitrogens with two attached hydrogens (primary N) is 1. The van der Waals surface area contributed by atoms with Crippen LogP contribution in [0, 0.1) is 0 Å². The Hall–Kier alpha value is -1.84. The minimum atomic E-state index is 0.526. The molecule has 0 aromatic heterocycles. The molecule has 4 rings (SSSR count). The first kappa shape index (κ1) is 17.6. The van der Waals surface area contributed by atoms with Crippen LogP contribution in [-0.4, -0.2) is 26.8 Å². The molecule has 1 atom stereocenters. The molecule has 0 spiro atoms. The first-order chi connectivity index (χ1) is 12.8. The number of anilines is 2. The van der Waals surface area contributed by atoms with Gasteiger partial charge in [-0.05, 0) is 91.4 Å². The quantitative estimate of drug-likeness (QED) is 0.785. The Morgan fingerprint density at radius 1 is 1.04 bits per heavy atom. The molecule has 138 valence electrons. The number of ether oxygens (including phenoxy) is 1. The van der Waals surface area contributed by atoms with Gasteiger partial charge in [0.05, 0.1) is 6.61 Å². The molecular weight excluding hydrogens is 320 g/mol. The van der Waals surface area contributed by atoms with Crippen LogP contribution in [0.2, 0.25) is 0 Å². The lowest BCUT2D eigenvalue weighted by Crippen LogP contribution is -2.23. The summed E-state index contributed by atoms with van der Waals surface area (Å²) in [6.45, 7) is 2.33. The van der Waals surface area contributed by atoms with E-state index in [-0.39, 0.29) is 0 Å². The highest BCUT2D eigenvalue weighted by Gasteiger charge is 2.24. The lowest BCUT2D eigenvalue weighted by Gasteiger charge is -2.29. The third-order valence-corrected chi connectivity index (χ3v) is 5.93. The van der Waals surface area contributed by atoms with Crippen molar-refractivity contribution in [1.29, 1.82) is 0 Å². The van der Waals surface area contributed by atoms with Crippen LogP contribution in [-0.2, 0) is 11.2 Å². The SMILES string of the molecule is COCCN(c1ccc(C2CC2)cc1)c1ccc2c(c1)CCC[C@H]2CN. The van der Waals surface area contributed by atoms with Crippen molar-refractivity contribution in [1.82, 2.24) is 0 Å². The zero-order chi connectivity index (χ0) is 17.9. The van der Waals surface area contributed by atoms with E-state index in [0.29, 0.717) is 12.5 Å². The van der Waals surface area contributed by atoms with Crippen LogP contribution < -0.4 is 10.6 Å². The van der Waals surface area contributed by atoms with Crippen LogP contribution in [0.15, 0.2) is 42.5 Å². The van der Waals surface area contributed by atoms with Gasteiger partial charge < -0.3 is 15.4 Å². The second-order valence-electron chi connectivity index (χ2n) is 7.72. The minimum absolute atomic E-state index is 0.526. The standard InChI is InChI=1S/C23H30N2O/c1-26-14-13-25(21-9-7-18(8-10-21)17-5-6-17)22-11-12-23-19(15-22)3-2-4-20(23)16-24/h7-12,15,17,20H,2-6,13-14,16,24H2,1H3/t20-/m0/s1. The molecule has 1 saturated carbocycles. The van der Waals surface area contributed by atoms with E-state index in [1.807, 2.05) is 0 Å². The summed E-state index contributed by atoms with van der Waals surface area (Å²) in [5.41, 5.74) is 12.9. The molecule has 2 N–H and O–H groups in total. The average molecular weight is 351 g/mol. The number of fused-ring (bicyclic) bond motifs is 1. The number of aryl methyl sites for hydroxylation is 1. The molecule has 0 bridgehead atoms. The first-order valence-corrected chi connectivity index (χ1v) is 9.99. The van der Waals surface area contributed by atoms with E-state index in [4.69, 9.17) is 10.5 Å². The highest BCUT2D eigenvalue weighted by molar-refractivity contribution is 5.65. The summed E-state index contributed by atoms with van der Waals surface area (Å²) in [5, 5.41) is 0. The molecule has 2 aromatic carbocycles. The van der Waals surface area contributed by atoms with Crippen LogP contribution in [0.4, 0.5) is 11.4 Å². The number of hydrogen-bond donors (Lipinski definition) is 1. The van der Waals surface area contributed by atoms with Crippen molar-refractivity contribution in [3.05, 3.63) is 59.2 Å². The fourth-order valence-electron chi connectivity index (χ4n) is 4.25. The van der Waals surface area contributed by atoms with Crippen LogP contribution in [0.5, 0.6) is 0 Å². The summed E-state index contributed by atoms with van der Waals surface area (Å²) >= 11 is 0. The summed E-state index contributed by atoms with van der Waals surface area (Å²) in [7, 11) is 1.77. The Kier molecular flexibility index (Phi) is 5.28. The Morgan fingerprint density at radius 3 is 2.50 bits per heavy atom. The Balaban J connectivity index is 1.63. The van der Waals surface area contributed by atoms with Gasteiger partial charge in [-0.15, -0.1) is 0 Å². The minimum Gasteiger partial charge on any atom is -0.383 e. The summed E-state index contributed by atoms with van der Waals surface area (Å²) in [6, 6.07) is 16.1. The van der Waals surface area contributed by atoms with Crippen molar-refractivity contribution in [2.75, 3.05) is 31.7 Å². The molecular formula is C23H30N2O. The first-order valence-electron chi connectivity index (χ1n) is 9.99. The maximum absolute atomic E-state index is 5.99. The monoisotopic (exact) mass is 350 g/mol. The zero-order valence-electron chi connectivity index (χ0n) is 15.8. The van der Waals surface area contributed by atoms with Gasteiger partial charge in [0.15, 0.2) is 0 Å². The van der Waals surface area contributed by atoms with E-state index >= 15 is 0 Å². The highest BCUT2D eigenvalue weighted by atomic mass is 16.5. The predicted octanol–water partition coefficient (Wildman–Crippen LogP) is 4.73. The van der Waals surface area contributed by atoms with E-state index < -0.39 is 0 Å². The van der Waals surface area contributed by atoms with Gasteiger partial charge in [-0.2, -0.15) is 0 Å². The van der Waals surface area contributed by atoms with Crippen molar-refractivity contribution in [3.8, 4) is 0 Å². The Bertz CT molecular complexity index is 736. The van der Waals surface area contributed by atoms with Gasteiger partial charge in [-0.3, -0.25) is 0 Å². The van der Waals surface area contributed by atoms with E-state index in [9.17, 15) is 0 Å². The fourth-order valence-corrected chi connectivity index (χ4v) is 4.25. The van der Waals surface area contributed by atoms with Crippen molar-refractivity contribution >= 4 is 11.4 Å². The zero-order valence-corrected chi connectivity index (χ0v) is 15.8. The average Bonchev–Trinajstić information content (AvgIpc) is 3.53. The van der Waals surface area contributed by atoms with E-state index in [2.05, 4.69) is 47.4 Å². The van der Waals surface area contributed by atoms with E-state index in [1.165, 1.54) is 60.2 Å². The molecule has 0 saturated heterocycles. The van der Waals surface area contributed by atoms with E-state index in [0.717, 1.165) is 19.0 Å². The third kappa shape index (κ3) is 3.65. The van der Waals surface area contributed by atoms with Gasteiger partial charge in [0.1, 0.15) is 0 Å². The summed E-state index contributed by atoms with van der Waals surface area (Å²) < 4.78 is 5.38. The number of benzene rings is 2. The topological polar surface area (TPSA) is 38.5 Å². The third-order valence-electron chi connectivity index (χ3n) is 5.93. The number of hydrogen-bond acceptors (Lipinski definition) is 3. The predicted molar refractivity (Wildman–Crippen MR) is 108 cm³/mol. The lowest BCUT2D eigenvalue weighted by atomic mass is 9.82. The van der Waals surface area contributed by atoms with Crippen molar-refractivity contribution in [2.45, 2.75) is 43.9 Å². The van der Waals surface area contributed by atoms with Gasteiger partial charge in [-0.1, -0.05) is 18.2 Å². The maximum atomic E-state index is 5.99. The van der Waals surface area contributed by atoms with Crippen LogP contribution in [0.25, 0.3) is 0 Å². The van der Waals surface area contributed by atoms with Gasteiger partial charge >= 0.3 is 0 Å². The molecule has 0 heterocycles. The van der Waals surface area contributed by atoms with Crippen molar-refractivity contribution < 1.29 is 4.74 Å². The normalized spacial score (nSPS) is 19.2. The van der Waals surface area contributed by atoms with Crippen molar-refractivity contribution in [3.63, 3.8) is 0 Å². The highest BCUT2D eigenvalue weighted by Crippen LogP contribution is 2.41. The van der Waals surface area contributed by atoms with Crippen LogP contribution in [0.3, 0.4) is 0 Å². The molecule has 1 fully saturated rings. The molecule has 3 nitrogen and oxygen atoms in total. The number of rotatable bonds is 7. The second kappa shape index (κ2) is 7.81. The van der Waals surface area contributed by atoms with Gasteiger partial charge in [0.2, 0.25) is 0 Å². The van der Waals surface area contributed by atoms with Crippen LogP contribution in [0.1, 0.15) is 54.2 Å². The lowest BCUT2D eigenvalue weighted by molar-refractivity contribution is 0.207. The maximum Gasteiger partial charge on any atom is 0.0642 e. The largest absolute Gasteiger partial charge is 0.383 e. The molecule has 26 heavy (non-hydrogen) atoms. The number of methoxy groups -OCH3 is 1. The summed E-state index contributed by atoms with van der Waals surface area (Å²) in [5.74, 6) is 1.33.